The number of hydrogen-bond acceptors (Lipinski definition) is 7. The minimum atomic E-state index is -0.957. The number of rotatable bonds is 11. The van der Waals surface area contributed by atoms with E-state index in [0.29, 0.717) is 51.9 Å². The summed E-state index contributed by atoms with van der Waals surface area (Å²) in [5.41, 5.74) is 6.00. The fraction of sp³-hybridized carbons (Fsp3) is 0.241. The van der Waals surface area contributed by atoms with Crippen molar-refractivity contribution in [3.05, 3.63) is 75.8 Å². The summed E-state index contributed by atoms with van der Waals surface area (Å²) in [5.74, 6) is -1.02. The van der Waals surface area contributed by atoms with E-state index >= 15 is 0 Å². The number of carbonyl (C=O) groups excluding carboxylic acids is 3. The summed E-state index contributed by atoms with van der Waals surface area (Å²) in [6.07, 6.45) is 1.35. The van der Waals surface area contributed by atoms with Crippen molar-refractivity contribution in [2.75, 3.05) is 30.5 Å². The Morgan fingerprint density at radius 3 is 2.30 bits per heavy atom. The first-order chi connectivity index (χ1) is 19.2. The number of amides is 3. The highest BCUT2D eigenvalue weighted by Gasteiger charge is 2.16. The molecule has 0 saturated heterocycles. The van der Waals surface area contributed by atoms with E-state index in [1.165, 1.54) is 6.21 Å². The van der Waals surface area contributed by atoms with Gasteiger partial charge in [0.2, 0.25) is 0 Å². The van der Waals surface area contributed by atoms with Gasteiger partial charge in [-0.25, -0.2) is 5.43 Å². The van der Waals surface area contributed by atoms with Crippen LogP contribution >= 0.6 is 15.9 Å². The van der Waals surface area contributed by atoms with Gasteiger partial charge in [-0.05, 0) is 96.7 Å². The van der Waals surface area contributed by atoms with E-state index in [1.807, 2.05) is 45.9 Å². The number of para-hydroxylation sites is 2. The molecule has 210 valence electrons. The second kappa shape index (κ2) is 14.7. The van der Waals surface area contributed by atoms with Crippen molar-refractivity contribution in [2.24, 2.45) is 5.10 Å². The molecule has 0 aliphatic carbocycles. The summed E-state index contributed by atoms with van der Waals surface area (Å²) in [7, 11) is 0. The molecule has 10 nitrogen and oxygen atoms in total. The van der Waals surface area contributed by atoms with E-state index < -0.39 is 11.8 Å². The maximum Gasteiger partial charge on any atom is 0.329 e. The molecule has 0 radical (unpaired) electrons. The summed E-state index contributed by atoms with van der Waals surface area (Å²) in [6, 6.07) is 15.8. The number of hydrazone groups is 1. The van der Waals surface area contributed by atoms with Crippen LogP contribution in [0.15, 0.2) is 64.2 Å². The Bertz CT molecular complexity index is 1410. The van der Waals surface area contributed by atoms with Crippen LogP contribution in [0.1, 0.15) is 30.5 Å². The van der Waals surface area contributed by atoms with Gasteiger partial charge in [0.15, 0.2) is 18.1 Å². The van der Waals surface area contributed by atoms with Crippen molar-refractivity contribution in [1.29, 1.82) is 0 Å². The maximum atomic E-state index is 12.5. The van der Waals surface area contributed by atoms with Gasteiger partial charge in [-0.3, -0.25) is 14.4 Å². The SMILES string of the molecule is CCOc1ccccc1NC(=O)C(=O)N/N=C\c1cc(Br)c(OCC(=O)Nc2ccc(C)c(C)c2)c(OCC)c1. The summed E-state index contributed by atoms with van der Waals surface area (Å²) < 4.78 is 17.4. The molecule has 0 saturated carbocycles. The fourth-order valence-electron chi connectivity index (χ4n) is 3.47. The topological polar surface area (TPSA) is 127 Å². The predicted molar refractivity (Wildman–Crippen MR) is 157 cm³/mol. The summed E-state index contributed by atoms with van der Waals surface area (Å²) in [4.78, 5) is 37.0. The fourth-order valence-corrected chi connectivity index (χ4v) is 4.04. The van der Waals surface area contributed by atoms with Gasteiger partial charge in [-0.2, -0.15) is 5.10 Å². The molecule has 3 aromatic rings. The number of carbonyl (C=O) groups is 3. The molecule has 0 spiro atoms. The van der Waals surface area contributed by atoms with Gasteiger partial charge in [0.1, 0.15) is 5.75 Å². The second-order valence-electron chi connectivity index (χ2n) is 8.48. The van der Waals surface area contributed by atoms with Crippen molar-refractivity contribution in [3.63, 3.8) is 0 Å². The van der Waals surface area contributed by atoms with Crippen molar-refractivity contribution in [3.8, 4) is 17.2 Å². The van der Waals surface area contributed by atoms with E-state index in [2.05, 4.69) is 37.1 Å². The molecular formula is C29H31BrN4O6. The Balaban J connectivity index is 1.62. The number of halogens is 1. The molecule has 0 aromatic heterocycles. The molecule has 0 aliphatic heterocycles. The number of anilines is 2. The average Bonchev–Trinajstić information content (AvgIpc) is 2.91. The second-order valence-corrected chi connectivity index (χ2v) is 9.34. The Labute approximate surface area is 241 Å². The third-order valence-electron chi connectivity index (χ3n) is 5.49. The van der Waals surface area contributed by atoms with Crippen LogP contribution in [-0.2, 0) is 14.4 Å². The van der Waals surface area contributed by atoms with Gasteiger partial charge < -0.3 is 24.8 Å². The lowest BCUT2D eigenvalue weighted by molar-refractivity contribution is -0.136. The van der Waals surface area contributed by atoms with E-state index in [0.717, 1.165) is 11.1 Å². The Morgan fingerprint density at radius 1 is 0.850 bits per heavy atom. The lowest BCUT2D eigenvalue weighted by Gasteiger charge is -2.15. The van der Waals surface area contributed by atoms with E-state index in [4.69, 9.17) is 14.2 Å². The third-order valence-corrected chi connectivity index (χ3v) is 6.08. The molecular weight excluding hydrogens is 580 g/mol. The lowest BCUT2D eigenvalue weighted by atomic mass is 10.1. The zero-order chi connectivity index (χ0) is 29.1. The van der Waals surface area contributed by atoms with Gasteiger partial charge in [0, 0.05) is 5.69 Å². The Morgan fingerprint density at radius 2 is 1.57 bits per heavy atom. The summed E-state index contributed by atoms with van der Waals surface area (Å²) in [6.45, 7) is 8.12. The predicted octanol–water partition coefficient (Wildman–Crippen LogP) is 4.97. The number of nitrogens with zero attached hydrogens (tertiary/aromatic N) is 1. The molecule has 0 atom stereocenters. The minimum Gasteiger partial charge on any atom is -0.492 e. The summed E-state index contributed by atoms with van der Waals surface area (Å²) >= 11 is 3.44. The van der Waals surface area contributed by atoms with Gasteiger partial charge in [-0.15, -0.1) is 0 Å². The Hall–Kier alpha value is -4.38. The van der Waals surface area contributed by atoms with Crippen LogP contribution in [0.5, 0.6) is 17.2 Å². The van der Waals surface area contributed by atoms with Crippen LogP contribution in [0, 0.1) is 13.8 Å². The van der Waals surface area contributed by atoms with Crippen LogP contribution in [0.2, 0.25) is 0 Å². The number of ether oxygens (including phenoxy) is 3. The number of nitrogens with one attached hydrogen (secondary N) is 3. The molecule has 0 unspecified atom stereocenters. The van der Waals surface area contributed by atoms with E-state index in [1.54, 1.807) is 36.4 Å². The third kappa shape index (κ3) is 8.57. The molecule has 11 heteroatoms. The Kier molecular flexibility index (Phi) is 11.1. The maximum absolute atomic E-state index is 12.5. The number of hydrogen-bond donors (Lipinski definition) is 3. The molecule has 0 fully saturated rings. The highest BCUT2D eigenvalue weighted by Crippen LogP contribution is 2.36. The normalized spacial score (nSPS) is 10.6. The molecule has 3 rings (SSSR count). The van der Waals surface area contributed by atoms with Gasteiger partial charge >= 0.3 is 11.8 Å². The zero-order valence-electron chi connectivity index (χ0n) is 22.7. The van der Waals surface area contributed by atoms with Gasteiger partial charge in [0.05, 0.1) is 29.6 Å². The molecule has 0 bridgehead atoms. The standard InChI is InChI=1S/C29H31BrN4O6/c1-5-38-24-10-8-7-9-23(24)33-28(36)29(37)34-31-16-20-14-22(30)27(25(15-20)39-6-2)40-17-26(35)32-21-12-11-18(3)19(4)13-21/h7-16H,5-6,17H2,1-4H3,(H,32,35)(H,33,36)(H,34,37)/b31-16-. The zero-order valence-corrected chi connectivity index (χ0v) is 24.3. The van der Waals surface area contributed by atoms with Crippen LogP contribution in [0.4, 0.5) is 11.4 Å². The van der Waals surface area contributed by atoms with Crippen molar-refractivity contribution < 1.29 is 28.6 Å². The first-order valence-corrected chi connectivity index (χ1v) is 13.3. The van der Waals surface area contributed by atoms with Crippen molar-refractivity contribution in [2.45, 2.75) is 27.7 Å². The van der Waals surface area contributed by atoms with E-state index in [-0.39, 0.29) is 12.5 Å². The smallest absolute Gasteiger partial charge is 0.329 e. The largest absolute Gasteiger partial charge is 0.492 e. The summed E-state index contributed by atoms with van der Waals surface area (Å²) in [5, 5.41) is 9.19. The average molecular weight is 611 g/mol. The van der Waals surface area contributed by atoms with Gasteiger partial charge in [-0.1, -0.05) is 18.2 Å². The molecule has 3 amide bonds. The van der Waals surface area contributed by atoms with Crippen molar-refractivity contribution >= 4 is 51.2 Å². The van der Waals surface area contributed by atoms with Crippen LogP contribution in [-0.4, -0.2) is 43.8 Å². The van der Waals surface area contributed by atoms with Crippen LogP contribution < -0.4 is 30.3 Å². The monoisotopic (exact) mass is 610 g/mol. The number of aryl methyl sites for hydroxylation is 2. The first kappa shape index (κ1) is 30.2. The van der Waals surface area contributed by atoms with Crippen LogP contribution in [0.3, 0.4) is 0 Å². The molecule has 40 heavy (non-hydrogen) atoms. The first-order valence-electron chi connectivity index (χ1n) is 12.5. The highest BCUT2D eigenvalue weighted by atomic mass is 79.9. The highest BCUT2D eigenvalue weighted by molar-refractivity contribution is 9.10. The molecule has 3 N–H and O–H groups in total. The van der Waals surface area contributed by atoms with Crippen molar-refractivity contribution in [1.82, 2.24) is 5.43 Å². The molecule has 3 aromatic carbocycles. The molecule has 0 heterocycles. The van der Waals surface area contributed by atoms with E-state index in [9.17, 15) is 14.4 Å². The minimum absolute atomic E-state index is 0.239. The lowest BCUT2D eigenvalue weighted by Crippen LogP contribution is -2.32. The van der Waals surface area contributed by atoms with Gasteiger partial charge in [0.25, 0.3) is 5.91 Å². The number of benzene rings is 3. The quantitative estimate of drug-likeness (QED) is 0.160. The van der Waals surface area contributed by atoms with Crippen LogP contribution in [0.25, 0.3) is 0 Å². The molecule has 0 aliphatic rings.